The molecule has 0 unspecified atom stereocenters. The Labute approximate surface area is 56.7 Å². The van der Waals surface area contributed by atoms with Gasteiger partial charge in [-0.2, -0.15) is 9.98 Å². The number of hydrogen-bond acceptors (Lipinski definition) is 2. The highest BCUT2D eigenvalue weighted by atomic mass is 16.2. The van der Waals surface area contributed by atoms with Gasteiger partial charge >= 0.3 is 6.03 Å². The molecule has 0 bridgehead atoms. The van der Waals surface area contributed by atoms with Crippen LogP contribution in [0.4, 0.5) is 4.79 Å². The summed E-state index contributed by atoms with van der Waals surface area (Å²) in [4.78, 5) is 21.4. The Morgan fingerprint density at radius 2 is 2.20 bits per heavy atom. The maximum absolute atomic E-state index is 10.5. The van der Waals surface area contributed by atoms with Crippen LogP contribution in [0.5, 0.6) is 0 Å². The number of aliphatic imine (C=N–C) groups is 3. The van der Waals surface area contributed by atoms with E-state index in [-0.39, 0.29) is 0 Å². The topological polar surface area (TPSA) is 54.1 Å². The van der Waals surface area contributed by atoms with Crippen LogP contribution in [0.15, 0.2) is 26.8 Å². The second-order valence-electron chi connectivity index (χ2n) is 1.90. The highest BCUT2D eigenvalue weighted by Gasteiger charge is 2.13. The Morgan fingerprint density at radius 3 is 3.10 bits per heavy atom. The number of nitrogens with zero attached hydrogens (tertiary/aromatic N) is 3. The molecular weight excluding hydrogens is 130 g/mol. The number of hydrogen-bond donors (Lipinski definition) is 0. The molecule has 2 heterocycles. The van der Waals surface area contributed by atoms with Gasteiger partial charge in [-0.05, 0) is 0 Å². The Hall–Kier alpha value is -1.58. The molecule has 0 aromatic carbocycles. The first-order valence-corrected chi connectivity index (χ1v) is 2.77. The SMILES string of the molecule is O=C1N=CC2=CN=CC2=N1. The molecule has 0 aromatic rings. The maximum Gasteiger partial charge on any atom is 0.367 e. The number of carbonyl (C=O) groups excluding carboxylic acids is 1. The molecular formula is C6H3N3O. The predicted octanol–water partition coefficient (Wildman–Crippen LogP) is 0.600. The van der Waals surface area contributed by atoms with E-state index in [0.717, 1.165) is 5.57 Å². The first kappa shape index (κ1) is 5.22. The zero-order chi connectivity index (χ0) is 6.97. The standard InChI is InChI=1S/C6H3N3O/c10-6-8-2-4-1-7-3-5(4)9-6/h1-3H. The van der Waals surface area contributed by atoms with E-state index < -0.39 is 6.03 Å². The molecule has 10 heavy (non-hydrogen) atoms. The van der Waals surface area contributed by atoms with Crippen molar-refractivity contribution < 1.29 is 4.79 Å². The van der Waals surface area contributed by atoms with Crippen LogP contribution in [0.25, 0.3) is 0 Å². The van der Waals surface area contributed by atoms with Crippen LogP contribution < -0.4 is 0 Å². The lowest BCUT2D eigenvalue weighted by Crippen LogP contribution is -2.09. The van der Waals surface area contributed by atoms with Crippen molar-refractivity contribution in [1.82, 2.24) is 0 Å². The summed E-state index contributed by atoms with van der Waals surface area (Å²) in [6.07, 6.45) is 4.63. The second kappa shape index (κ2) is 1.70. The van der Waals surface area contributed by atoms with Gasteiger partial charge in [-0.1, -0.05) is 0 Å². The number of amides is 2. The van der Waals surface area contributed by atoms with E-state index in [9.17, 15) is 4.79 Å². The second-order valence-corrected chi connectivity index (χ2v) is 1.90. The number of carbonyl (C=O) groups is 1. The zero-order valence-corrected chi connectivity index (χ0v) is 4.98. The van der Waals surface area contributed by atoms with Crippen molar-refractivity contribution in [3.05, 3.63) is 11.8 Å². The van der Waals surface area contributed by atoms with Crippen LogP contribution in [-0.4, -0.2) is 24.2 Å². The van der Waals surface area contributed by atoms with Crippen LogP contribution in [0, 0.1) is 0 Å². The van der Waals surface area contributed by atoms with Gasteiger partial charge in [0.2, 0.25) is 0 Å². The molecule has 0 aromatic heterocycles. The van der Waals surface area contributed by atoms with Gasteiger partial charge in [-0.15, -0.1) is 0 Å². The smallest absolute Gasteiger partial charge is 0.262 e. The van der Waals surface area contributed by atoms with Crippen LogP contribution in [0.2, 0.25) is 0 Å². The monoisotopic (exact) mass is 133 g/mol. The molecule has 48 valence electrons. The van der Waals surface area contributed by atoms with Crippen LogP contribution in [-0.2, 0) is 0 Å². The molecule has 4 heteroatoms. The van der Waals surface area contributed by atoms with E-state index in [1.54, 1.807) is 12.4 Å². The molecule has 4 nitrogen and oxygen atoms in total. The van der Waals surface area contributed by atoms with Gasteiger partial charge in [0.25, 0.3) is 0 Å². The van der Waals surface area contributed by atoms with Crippen molar-refractivity contribution in [3.8, 4) is 0 Å². The van der Waals surface area contributed by atoms with E-state index in [4.69, 9.17) is 0 Å². The first-order chi connectivity index (χ1) is 4.86. The van der Waals surface area contributed by atoms with Gasteiger partial charge in [0, 0.05) is 18.0 Å². The largest absolute Gasteiger partial charge is 0.367 e. The summed E-state index contributed by atoms with van der Waals surface area (Å²) in [7, 11) is 0. The van der Waals surface area contributed by atoms with Crippen molar-refractivity contribution >= 4 is 24.2 Å². The summed E-state index contributed by atoms with van der Waals surface area (Å²) in [5.74, 6) is 0. The minimum absolute atomic E-state index is 0.458. The molecule has 2 amide bonds. The molecule has 0 radical (unpaired) electrons. The van der Waals surface area contributed by atoms with Crippen molar-refractivity contribution in [3.63, 3.8) is 0 Å². The molecule has 0 aliphatic carbocycles. The lowest BCUT2D eigenvalue weighted by Gasteiger charge is -1.97. The van der Waals surface area contributed by atoms with Gasteiger partial charge in [0.15, 0.2) is 0 Å². The average Bonchev–Trinajstić information content (AvgIpc) is 2.33. The van der Waals surface area contributed by atoms with Crippen LogP contribution in [0.3, 0.4) is 0 Å². The molecule has 0 fully saturated rings. The fraction of sp³-hybridized carbons (Fsp3) is 0. The summed E-state index contributed by atoms with van der Waals surface area (Å²) in [6, 6.07) is -0.458. The van der Waals surface area contributed by atoms with Crippen molar-refractivity contribution in [1.29, 1.82) is 0 Å². The molecule has 2 rings (SSSR count). The average molecular weight is 133 g/mol. The number of fused-ring (bicyclic) bond motifs is 1. The summed E-state index contributed by atoms with van der Waals surface area (Å²) in [5.41, 5.74) is 1.42. The lowest BCUT2D eigenvalue weighted by atomic mass is 10.2. The van der Waals surface area contributed by atoms with E-state index in [1.807, 2.05) is 0 Å². The molecule has 0 spiro atoms. The van der Waals surface area contributed by atoms with Gasteiger partial charge in [-0.3, -0.25) is 4.99 Å². The van der Waals surface area contributed by atoms with Crippen LogP contribution in [0.1, 0.15) is 0 Å². The van der Waals surface area contributed by atoms with E-state index in [2.05, 4.69) is 15.0 Å². The summed E-state index contributed by atoms with van der Waals surface area (Å²) < 4.78 is 0. The summed E-state index contributed by atoms with van der Waals surface area (Å²) >= 11 is 0. The van der Waals surface area contributed by atoms with E-state index in [0.29, 0.717) is 5.71 Å². The Kier molecular flexibility index (Phi) is 0.887. The summed E-state index contributed by atoms with van der Waals surface area (Å²) in [5, 5.41) is 0. The van der Waals surface area contributed by atoms with Crippen molar-refractivity contribution in [2.24, 2.45) is 15.0 Å². The quantitative estimate of drug-likeness (QED) is 0.477. The number of urea groups is 1. The Balaban J connectivity index is 2.51. The molecule has 0 saturated carbocycles. The predicted molar refractivity (Wildman–Crippen MR) is 37.9 cm³/mol. The van der Waals surface area contributed by atoms with Gasteiger partial charge < -0.3 is 0 Å². The molecule has 2 aliphatic heterocycles. The fourth-order valence-electron chi connectivity index (χ4n) is 0.778. The third kappa shape index (κ3) is 0.621. The van der Waals surface area contributed by atoms with Gasteiger partial charge in [0.1, 0.15) is 0 Å². The summed E-state index contributed by atoms with van der Waals surface area (Å²) in [6.45, 7) is 0. The number of rotatable bonds is 0. The molecule has 0 atom stereocenters. The molecule has 0 N–H and O–H groups in total. The zero-order valence-electron chi connectivity index (χ0n) is 4.98. The van der Waals surface area contributed by atoms with E-state index in [1.165, 1.54) is 6.21 Å². The van der Waals surface area contributed by atoms with Crippen LogP contribution >= 0.6 is 0 Å². The minimum Gasteiger partial charge on any atom is -0.262 e. The van der Waals surface area contributed by atoms with Crippen molar-refractivity contribution in [2.75, 3.05) is 0 Å². The Morgan fingerprint density at radius 1 is 1.30 bits per heavy atom. The first-order valence-electron chi connectivity index (χ1n) is 2.77. The van der Waals surface area contributed by atoms with Gasteiger partial charge in [-0.25, -0.2) is 4.79 Å². The highest BCUT2D eigenvalue weighted by molar-refractivity contribution is 6.48. The number of allylic oxidation sites excluding steroid dienone is 1. The highest BCUT2D eigenvalue weighted by Crippen LogP contribution is 2.06. The lowest BCUT2D eigenvalue weighted by molar-refractivity contribution is 0.257. The third-order valence-electron chi connectivity index (χ3n) is 1.24. The third-order valence-corrected chi connectivity index (χ3v) is 1.24. The minimum atomic E-state index is -0.458. The van der Waals surface area contributed by atoms with Crippen molar-refractivity contribution in [2.45, 2.75) is 0 Å². The molecule has 2 aliphatic rings. The van der Waals surface area contributed by atoms with Gasteiger partial charge in [0.05, 0.1) is 11.9 Å². The maximum atomic E-state index is 10.5. The Bertz CT molecular complexity index is 309. The molecule has 0 saturated heterocycles. The normalized spacial score (nSPS) is 20.6. The fourth-order valence-corrected chi connectivity index (χ4v) is 0.778. The van der Waals surface area contributed by atoms with E-state index >= 15 is 0 Å².